The topological polar surface area (TPSA) is 80.7 Å². The summed E-state index contributed by atoms with van der Waals surface area (Å²) in [5, 5.41) is 0. The summed E-state index contributed by atoms with van der Waals surface area (Å²) >= 11 is 0. The molecular formula is C21H27N5O3. The number of likely N-dealkylation sites (N-methyl/N-ethyl adjacent to an activating group) is 1. The average molecular weight is 397 g/mol. The molecule has 2 saturated heterocycles. The van der Waals surface area contributed by atoms with Crippen molar-refractivity contribution in [3.05, 3.63) is 47.7 Å². The molecule has 2 aromatic heterocycles. The van der Waals surface area contributed by atoms with Crippen molar-refractivity contribution >= 4 is 11.7 Å². The van der Waals surface area contributed by atoms with E-state index in [4.69, 9.17) is 9.47 Å². The molecule has 4 heterocycles. The highest BCUT2D eigenvalue weighted by molar-refractivity contribution is 5.93. The highest BCUT2D eigenvalue weighted by Gasteiger charge is 2.41. The first kappa shape index (κ1) is 19.7. The molecule has 2 aliphatic heterocycles. The maximum atomic E-state index is 13.0. The van der Waals surface area contributed by atoms with E-state index in [1.807, 2.05) is 31.0 Å². The molecule has 0 aliphatic carbocycles. The fourth-order valence-corrected chi connectivity index (χ4v) is 3.82. The molecule has 4 rings (SSSR count). The zero-order valence-electron chi connectivity index (χ0n) is 17.0. The van der Waals surface area contributed by atoms with E-state index in [0.29, 0.717) is 50.7 Å². The fraction of sp³-hybridized carbons (Fsp3) is 0.524. The normalized spacial score (nSPS) is 18.2. The molecule has 0 radical (unpaired) electrons. The third kappa shape index (κ3) is 4.54. The monoisotopic (exact) mass is 397 g/mol. The van der Waals surface area contributed by atoms with Crippen LogP contribution in [0.5, 0.6) is 0 Å². The Hall–Kier alpha value is -2.58. The molecule has 2 aromatic rings. The quantitative estimate of drug-likeness (QED) is 0.761. The van der Waals surface area contributed by atoms with Crippen LogP contribution in [0, 0.1) is 6.92 Å². The Bertz CT molecular complexity index is 845. The number of hydrogen-bond donors (Lipinski definition) is 0. The van der Waals surface area contributed by atoms with Gasteiger partial charge in [0.1, 0.15) is 17.3 Å². The van der Waals surface area contributed by atoms with Gasteiger partial charge in [0.25, 0.3) is 5.91 Å². The number of carbonyl (C=O) groups excluding carboxylic acids is 1. The first-order chi connectivity index (χ1) is 14.0. The Morgan fingerprint density at radius 3 is 2.55 bits per heavy atom. The van der Waals surface area contributed by atoms with Gasteiger partial charge in [-0.3, -0.25) is 9.78 Å². The van der Waals surface area contributed by atoms with E-state index < -0.39 is 5.79 Å². The van der Waals surface area contributed by atoms with Gasteiger partial charge in [-0.2, -0.15) is 0 Å². The molecule has 2 fully saturated rings. The van der Waals surface area contributed by atoms with Crippen molar-refractivity contribution in [3.8, 4) is 0 Å². The van der Waals surface area contributed by atoms with Crippen LogP contribution in [0.25, 0.3) is 0 Å². The van der Waals surface area contributed by atoms with E-state index in [1.165, 1.54) is 5.56 Å². The lowest BCUT2D eigenvalue weighted by Crippen LogP contribution is -2.47. The summed E-state index contributed by atoms with van der Waals surface area (Å²) in [6.07, 6.45) is 5.86. The van der Waals surface area contributed by atoms with E-state index in [1.54, 1.807) is 18.5 Å². The van der Waals surface area contributed by atoms with Crippen LogP contribution in [0.3, 0.4) is 0 Å². The van der Waals surface area contributed by atoms with Gasteiger partial charge in [0.2, 0.25) is 0 Å². The third-order valence-electron chi connectivity index (χ3n) is 5.55. The van der Waals surface area contributed by atoms with Gasteiger partial charge in [-0.05, 0) is 31.0 Å². The summed E-state index contributed by atoms with van der Waals surface area (Å²) in [6, 6.07) is 5.80. The molecule has 0 saturated carbocycles. The van der Waals surface area contributed by atoms with Crippen molar-refractivity contribution in [3.63, 3.8) is 0 Å². The van der Waals surface area contributed by atoms with Crippen molar-refractivity contribution < 1.29 is 14.3 Å². The summed E-state index contributed by atoms with van der Waals surface area (Å²) in [5.74, 6) is 0.798. The van der Waals surface area contributed by atoms with Crippen LogP contribution in [0.1, 0.15) is 34.7 Å². The van der Waals surface area contributed by atoms with Gasteiger partial charge in [0.05, 0.1) is 13.2 Å². The zero-order chi connectivity index (χ0) is 20.3. The molecule has 1 spiro atoms. The molecule has 0 atom stereocenters. The van der Waals surface area contributed by atoms with Crippen LogP contribution < -0.4 is 4.90 Å². The first-order valence-corrected chi connectivity index (χ1v) is 10.1. The average Bonchev–Trinajstić information content (AvgIpc) is 3.20. The molecule has 0 N–H and O–H groups in total. The highest BCUT2D eigenvalue weighted by atomic mass is 16.7. The predicted octanol–water partition coefficient (Wildman–Crippen LogP) is 1.84. The van der Waals surface area contributed by atoms with Gasteiger partial charge in [0, 0.05) is 58.0 Å². The summed E-state index contributed by atoms with van der Waals surface area (Å²) in [7, 11) is 1.98. The van der Waals surface area contributed by atoms with Crippen LogP contribution in [0.2, 0.25) is 0 Å². The van der Waals surface area contributed by atoms with Gasteiger partial charge in [-0.25, -0.2) is 9.97 Å². The lowest BCUT2D eigenvalue weighted by molar-refractivity contribution is -0.181. The van der Waals surface area contributed by atoms with E-state index in [0.717, 1.165) is 18.8 Å². The lowest BCUT2D eigenvalue weighted by Gasteiger charge is -2.37. The Balaban J connectivity index is 1.41. The number of carbonyl (C=O) groups is 1. The summed E-state index contributed by atoms with van der Waals surface area (Å²) in [4.78, 5) is 29.9. The van der Waals surface area contributed by atoms with Crippen molar-refractivity contribution in [2.75, 3.05) is 44.8 Å². The van der Waals surface area contributed by atoms with E-state index in [9.17, 15) is 4.79 Å². The number of nitrogens with zero attached hydrogens (tertiary/aromatic N) is 5. The SMILES string of the molecule is Cc1nc(C(=O)N2CCC3(CC2)OCCO3)cc(N(C)CCc2ccncc2)n1. The Kier molecular flexibility index (Phi) is 5.73. The number of likely N-dealkylation sites (tertiary alicyclic amines) is 1. The number of anilines is 1. The minimum Gasteiger partial charge on any atom is -0.359 e. The molecule has 154 valence electrons. The largest absolute Gasteiger partial charge is 0.359 e. The summed E-state index contributed by atoms with van der Waals surface area (Å²) in [6.45, 7) is 5.09. The van der Waals surface area contributed by atoms with Crippen LogP contribution in [-0.2, 0) is 15.9 Å². The van der Waals surface area contributed by atoms with Crippen molar-refractivity contribution in [2.24, 2.45) is 0 Å². The molecule has 2 aliphatic rings. The molecular weight excluding hydrogens is 370 g/mol. The van der Waals surface area contributed by atoms with Crippen molar-refractivity contribution in [1.29, 1.82) is 0 Å². The van der Waals surface area contributed by atoms with Gasteiger partial charge in [-0.1, -0.05) is 0 Å². The minimum absolute atomic E-state index is 0.0628. The fourth-order valence-electron chi connectivity index (χ4n) is 3.82. The number of hydrogen-bond acceptors (Lipinski definition) is 7. The zero-order valence-corrected chi connectivity index (χ0v) is 17.0. The number of ether oxygens (including phenoxy) is 2. The second kappa shape index (κ2) is 8.42. The smallest absolute Gasteiger partial charge is 0.272 e. The van der Waals surface area contributed by atoms with Crippen molar-refractivity contribution in [1.82, 2.24) is 19.9 Å². The summed E-state index contributed by atoms with van der Waals surface area (Å²) < 4.78 is 11.5. The van der Waals surface area contributed by atoms with Crippen molar-refractivity contribution in [2.45, 2.75) is 32.0 Å². The van der Waals surface area contributed by atoms with Crippen LogP contribution in [-0.4, -0.2) is 71.4 Å². The Morgan fingerprint density at radius 1 is 1.17 bits per heavy atom. The van der Waals surface area contributed by atoms with Crippen LogP contribution >= 0.6 is 0 Å². The molecule has 8 heteroatoms. The highest BCUT2D eigenvalue weighted by Crippen LogP contribution is 2.31. The maximum Gasteiger partial charge on any atom is 0.272 e. The number of pyridine rings is 1. The number of amides is 1. The molecule has 0 bridgehead atoms. The van der Waals surface area contributed by atoms with Gasteiger partial charge >= 0.3 is 0 Å². The molecule has 1 amide bonds. The van der Waals surface area contributed by atoms with E-state index in [-0.39, 0.29) is 5.91 Å². The third-order valence-corrected chi connectivity index (χ3v) is 5.55. The maximum absolute atomic E-state index is 13.0. The first-order valence-electron chi connectivity index (χ1n) is 10.1. The van der Waals surface area contributed by atoms with Crippen LogP contribution in [0.15, 0.2) is 30.6 Å². The molecule has 0 aromatic carbocycles. The van der Waals surface area contributed by atoms with E-state index >= 15 is 0 Å². The second-order valence-corrected chi connectivity index (χ2v) is 7.59. The molecule has 0 unspecified atom stereocenters. The minimum atomic E-state index is -0.489. The lowest BCUT2D eigenvalue weighted by atomic mass is 10.0. The summed E-state index contributed by atoms with van der Waals surface area (Å²) in [5.41, 5.74) is 1.65. The van der Waals surface area contributed by atoms with Crippen LogP contribution in [0.4, 0.5) is 5.82 Å². The number of rotatable bonds is 5. The Labute approximate surface area is 170 Å². The molecule has 8 nitrogen and oxygen atoms in total. The number of piperidine rings is 1. The number of aryl methyl sites for hydroxylation is 1. The second-order valence-electron chi connectivity index (χ2n) is 7.59. The van der Waals surface area contributed by atoms with Gasteiger partial charge in [-0.15, -0.1) is 0 Å². The van der Waals surface area contributed by atoms with Gasteiger partial charge in [0.15, 0.2) is 5.79 Å². The standard InChI is InChI=1S/C21H27N5O3/c1-16-23-18(20(27)26-11-6-21(7-12-26)28-13-14-29-21)15-19(24-16)25(2)10-5-17-3-8-22-9-4-17/h3-4,8-9,15H,5-7,10-14H2,1-2H3. The predicted molar refractivity (Wildman–Crippen MR) is 108 cm³/mol. The van der Waals surface area contributed by atoms with Gasteiger partial charge < -0.3 is 19.3 Å². The van der Waals surface area contributed by atoms with E-state index in [2.05, 4.69) is 19.9 Å². The molecule has 29 heavy (non-hydrogen) atoms. The Morgan fingerprint density at radius 2 is 1.86 bits per heavy atom. The number of aromatic nitrogens is 3.